The lowest BCUT2D eigenvalue weighted by molar-refractivity contribution is -0.121. The molecular weight excluding hydrogens is 366 g/mol. The van der Waals surface area contributed by atoms with E-state index < -0.39 is 12.7 Å². The summed E-state index contributed by atoms with van der Waals surface area (Å²) >= 11 is 0. The third-order valence-corrected chi connectivity index (χ3v) is 3.59. The molecule has 3 N–H and O–H groups in total. The van der Waals surface area contributed by atoms with Crippen LogP contribution in [0.2, 0.25) is 0 Å². The minimum absolute atomic E-state index is 0. The highest BCUT2D eigenvalue weighted by Gasteiger charge is 2.14. The lowest BCUT2D eigenvalue weighted by atomic mass is 10.0. The lowest BCUT2D eigenvalue weighted by Gasteiger charge is -2.15. The van der Waals surface area contributed by atoms with Crippen molar-refractivity contribution in [2.75, 3.05) is 7.11 Å². The third kappa shape index (κ3) is 6.50. The van der Waals surface area contributed by atoms with E-state index in [0.29, 0.717) is 11.3 Å². The maximum atomic E-state index is 12.5. The molecule has 8 heteroatoms. The maximum Gasteiger partial charge on any atom is 0.387 e. The number of rotatable bonds is 8. The van der Waals surface area contributed by atoms with E-state index in [0.717, 1.165) is 5.56 Å². The first-order chi connectivity index (χ1) is 12.0. The van der Waals surface area contributed by atoms with Crippen molar-refractivity contribution in [1.82, 2.24) is 5.32 Å². The summed E-state index contributed by atoms with van der Waals surface area (Å²) in [5.41, 5.74) is 7.24. The molecule has 0 aliphatic rings. The van der Waals surface area contributed by atoms with Gasteiger partial charge < -0.3 is 20.5 Å². The van der Waals surface area contributed by atoms with E-state index >= 15 is 0 Å². The Morgan fingerprint density at radius 1 is 1.19 bits per heavy atom. The van der Waals surface area contributed by atoms with E-state index in [1.54, 1.807) is 0 Å². The topological polar surface area (TPSA) is 73.6 Å². The predicted molar refractivity (Wildman–Crippen MR) is 96.7 cm³/mol. The minimum Gasteiger partial charge on any atom is -0.497 e. The molecule has 0 saturated heterocycles. The van der Waals surface area contributed by atoms with Gasteiger partial charge in [-0.3, -0.25) is 4.79 Å². The molecule has 2 rings (SSSR count). The van der Waals surface area contributed by atoms with Crippen LogP contribution in [0.25, 0.3) is 0 Å². The first-order valence-electron chi connectivity index (χ1n) is 7.68. The molecule has 0 aliphatic carbocycles. The quantitative estimate of drug-likeness (QED) is 0.729. The summed E-state index contributed by atoms with van der Waals surface area (Å²) in [7, 11) is 1.46. The summed E-state index contributed by atoms with van der Waals surface area (Å²) in [5, 5.41) is 2.67. The molecule has 0 spiro atoms. The van der Waals surface area contributed by atoms with Crippen LogP contribution in [0, 0.1) is 0 Å². The van der Waals surface area contributed by atoms with Gasteiger partial charge in [-0.2, -0.15) is 8.78 Å². The maximum absolute atomic E-state index is 12.5. The molecule has 0 heterocycles. The molecule has 0 radical (unpaired) electrons. The van der Waals surface area contributed by atoms with Gasteiger partial charge in [0, 0.05) is 24.6 Å². The highest BCUT2D eigenvalue weighted by molar-refractivity contribution is 5.85. The molecule has 0 fully saturated rings. The smallest absolute Gasteiger partial charge is 0.387 e. The van der Waals surface area contributed by atoms with Gasteiger partial charge in [0.25, 0.3) is 0 Å². The number of ether oxygens (including phenoxy) is 2. The van der Waals surface area contributed by atoms with Gasteiger partial charge in [0.05, 0.1) is 7.11 Å². The first kappa shape index (κ1) is 21.7. The van der Waals surface area contributed by atoms with Gasteiger partial charge in [-0.25, -0.2) is 0 Å². The van der Waals surface area contributed by atoms with Gasteiger partial charge in [0.2, 0.25) is 5.91 Å². The van der Waals surface area contributed by atoms with Crippen molar-refractivity contribution in [2.45, 2.75) is 25.6 Å². The van der Waals surface area contributed by atoms with Crippen LogP contribution in [0.5, 0.6) is 11.5 Å². The zero-order valence-corrected chi connectivity index (χ0v) is 15.0. The molecule has 0 saturated carbocycles. The van der Waals surface area contributed by atoms with Crippen molar-refractivity contribution >= 4 is 18.3 Å². The second kappa shape index (κ2) is 10.6. The number of carbonyl (C=O) groups is 1. The van der Waals surface area contributed by atoms with E-state index in [1.165, 1.54) is 25.3 Å². The van der Waals surface area contributed by atoms with E-state index in [9.17, 15) is 13.6 Å². The third-order valence-electron chi connectivity index (χ3n) is 3.59. The minimum atomic E-state index is -2.95. The summed E-state index contributed by atoms with van der Waals surface area (Å²) in [6, 6.07) is 13.2. The van der Waals surface area contributed by atoms with Crippen molar-refractivity contribution in [3.8, 4) is 11.5 Å². The van der Waals surface area contributed by atoms with Crippen LogP contribution in [-0.2, 0) is 11.3 Å². The van der Waals surface area contributed by atoms with E-state index in [-0.39, 0.29) is 37.0 Å². The molecule has 2 aromatic rings. The monoisotopic (exact) mass is 386 g/mol. The molecule has 5 nitrogen and oxygen atoms in total. The standard InChI is InChI=1S/C18H20F2N2O3.ClH/c1-24-14-7-8-16(25-18(19)20)13(9-14)11-22-17(23)10-15(21)12-5-3-2-4-6-12;/h2-9,15,18H,10-11,21H2,1H3,(H,22,23);1H. The molecule has 2 aromatic carbocycles. The Hall–Kier alpha value is -2.38. The van der Waals surface area contributed by atoms with Crippen LogP contribution in [0.4, 0.5) is 8.78 Å². The molecule has 26 heavy (non-hydrogen) atoms. The van der Waals surface area contributed by atoms with Gasteiger partial charge in [-0.1, -0.05) is 30.3 Å². The van der Waals surface area contributed by atoms with E-state index in [2.05, 4.69) is 10.1 Å². The number of hydrogen-bond acceptors (Lipinski definition) is 4. The van der Waals surface area contributed by atoms with Gasteiger partial charge in [-0.15, -0.1) is 12.4 Å². The second-order valence-electron chi connectivity index (χ2n) is 5.35. The van der Waals surface area contributed by atoms with Crippen molar-refractivity contribution < 1.29 is 23.0 Å². The molecule has 0 bridgehead atoms. The average Bonchev–Trinajstić information content (AvgIpc) is 2.61. The van der Waals surface area contributed by atoms with E-state index in [4.69, 9.17) is 10.5 Å². The number of nitrogens with two attached hydrogens (primary N) is 1. The summed E-state index contributed by atoms with van der Waals surface area (Å²) in [5.74, 6) is 0.178. The average molecular weight is 387 g/mol. The number of carbonyl (C=O) groups excluding carboxylic acids is 1. The zero-order chi connectivity index (χ0) is 18.2. The summed E-state index contributed by atoms with van der Waals surface area (Å²) in [6.45, 7) is -2.92. The van der Waals surface area contributed by atoms with E-state index in [1.807, 2.05) is 30.3 Å². The summed E-state index contributed by atoms with van der Waals surface area (Å²) < 4.78 is 34.5. The van der Waals surface area contributed by atoms with Crippen molar-refractivity contribution in [3.63, 3.8) is 0 Å². The van der Waals surface area contributed by atoms with Gasteiger partial charge in [0.1, 0.15) is 11.5 Å². The lowest BCUT2D eigenvalue weighted by Crippen LogP contribution is -2.27. The SMILES string of the molecule is COc1ccc(OC(F)F)c(CNC(=O)CC(N)c2ccccc2)c1.Cl. The van der Waals surface area contributed by atoms with Crippen LogP contribution in [0.15, 0.2) is 48.5 Å². The molecule has 1 amide bonds. The van der Waals surface area contributed by atoms with Crippen LogP contribution < -0.4 is 20.5 Å². The normalized spacial score (nSPS) is 11.4. The molecule has 0 aliphatic heterocycles. The fraction of sp³-hybridized carbons (Fsp3) is 0.278. The van der Waals surface area contributed by atoms with Crippen LogP contribution >= 0.6 is 12.4 Å². The largest absolute Gasteiger partial charge is 0.497 e. The summed E-state index contributed by atoms with van der Waals surface area (Å²) in [6.07, 6.45) is 0.0824. The molecular formula is C18H21ClF2N2O3. The number of halogens is 3. The van der Waals surface area contributed by atoms with Crippen molar-refractivity contribution in [3.05, 3.63) is 59.7 Å². The van der Waals surface area contributed by atoms with Gasteiger partial charge in [0.15, 0.2) is 0 Å². The highest BCUT2D eigenvalue weighted by Crippen LogP contribution is 2.25. The van der Waals surface area contributed by atoms with Crippen LogP contribution in [0.1, 0.15) is 23.6 Å². The second-order valence-corrected chi connectivity index (χ2v) is 5.35. The van der Waals surface area contributed by atoms with Crippen molar-refractivity contribution in [1.29, 1.82) is 0 Å². The Labute approximate surface area is 156 Å². The first-order valence-corrected chi connectivity index (χ1v) is 7.68. The Kier molecular flexibility index (Phi) is 8.81. The number of alkyl halides is 2. The Balaban J connectivity index is 0.00000338. The molecule has 142 valence electrons. The number of methoxy groups -OCH3 is 1. The molecule has 1 atom stereocenters. The number of hydrogen-bond donors (Lipinski definition) is 2. The highest BCUT2D eigenvalue weighted by atomic mass is 35.5. The zero-order valence-electron chi connectivity index (χ0n) is 14.2. The van der Waals surface area contributed by atoms with Crippen LogP contribution in [0.3, 0.4) is 0 Å². The van der Waals surface area contributed by atoms with Crippen LogP contribution in [-0.4, -0.2) is 19.6 Å². The Bertz CT molecular complexity index is 702. The fourth-order valence-corrected chi connectivity index (χ4v) is 2.32. The molecule has 0 aromatic heterocycles. The van der Waals surface area contributed by atoms with Crippen molar-refractivity contribution in [2.24, 2.45) is 5.73 Å². The van der Waals surface area contributed by atoms with Gasteiger partial charge >= 0.3 is 6.61 Å². The Morgan fingerprint density at radius 2 is 1.88 bits per heavy atom. The van der Waals surface area contributed by atoms with Gasteiger partial charge in [-0.05, 0) is 23.8 Å². The fourth-order valence-electron chi connectivity index (χ4n) is 2.32. The predicted octanol–water partition coefficient (Wildman–Crippen LogP) is 3.42. The number of nitrogens with one attached hydrogen (secondary N) is 1. The molecule has 1 unspecified atom stereocenters. The number of benzene rings is 2. The number of amides is 1. The Morgan fingerprint density at radius 3 is 2.50 bits per heavy atom. The summed E-state index contributed by atoms with van der Waals surface area (Å²) in [4.78, 5) is 12.1.